The van der Waals surface area contributed by atoms with E-state index in [1.165, 1.54) is 17.0 Å². The van der Waals surface area contributed by atoms with Gasteiger partial charge in [0.25, 0.3) is 11.8 Å². The van der Waals surface area contributed by atoms with Gasteiger partial charge in [0.1, 0.15) is 11.5 Å². The van der Waals surface area contributed by atoms with Crippen LogP contribution in [-0.2, 0) is 4.79 Å². The van der Waals surface area contributed by atoms with Crippen LogP contribution >= 0.6 is 0 Å². The summed E-state index contributed by atoms with van der Waals surface area (Å²) in [6.07, 6.45) is -0.179. The third kappa shape index (κ3) is 4.68. The number of ether oxygens (including phenoxy) is 1. The lowest BCUT2D eigenvalue weighted by molar-refractivity contribution is -0.137. The summed E-state index contributed by atoms with van der Waals surface area (Å²) in [5.74, 6) is -1.89. The second kappa shape index (κ2) is 8.81. The molecule has 0 aliphatic carbocycles. The van der Waals surface area contributed by atoms with Crippen molar-refractivity contribution < 1.29 is 34.8 Å². The number of hydrogen-bond acceptors (Lipinski definition) is 7. The Labute approximate surface area is 173 Å². The van der Waals surface area contributed by atoms with Crippen molar-refractivity contribution in [3.05, 3.63) is 42.0 Å². The molecule has 1 fully saturated rings. The molecule has 3 rings (SSSR count). The number of aromatic hydroxyl groups is 4. The lowest BCUT2D eigenvalue weighted by Gasteiger charge is -2.25. The van der Waals surface area contributed by atoms with Crippen molar-refractivity contribution in [3.8, 4) is 28.7 Å². The second-order valence-electron chi connectivity index (χ2n) is 7.09. The number of carbonyl (C=O) groups excluding carboxylic acids is 2. The largest absolute Gasteiger partial charge is 0.508 e. The van der Waals surface area contributed by atoms with Crippen LogP contribution in [0.15, 0.2) is 36.4 Å². The maximum atomic E-state index is 12.7. The highest BCUT2D eigenvalue weighted by Gasteiger charge is 2.27. The first kappa shape index (κ1) is 21.1. The zero-order chi connectivity index (χ0) is 21.8. The van der Waals surface area contributed by atoms with E-state index in [0.717, 1.165) is 12.1 Å². The molecule has 1 saturated heterocycles. The Morgan fingerprint density at radius 3 is 2.10 bits per heavy atom. The summed E-state index contributed by atoms with van der Waals surface area (Å²) in [5, 5.41) is 38.0. The number of rotatable bonds is 4. The predicted molar refractivity (Wildman–Crippen MR) is 107 cm³/mol. The SMILES string of the molecule is CC(Oc1ccc(O)cc1)C(=O)N1CCCN(C(=O)c2cc(O)c(O)c(O)c2)CC1. The standard InChI is InChI=1S/C21H24N2O7/c1-13(30-16-5-3-15(24)4-6-16)20(28)22-7-2-8-23(10-9-22)21(29)14-11-17(25)19(27)18(26)12-14/h3-6,11-13,24-27H,2,7-10H2,1H3. The van der Waals surface area contributed by atoms with Crippen molar-refractivity contribution in [2.45, 2.75) is 19.4 Å². The Balaban J connectivity index is 1.62. The van der Waals surface area contributed by atoms with Crippen LogP contribution in [0.1, 0.15) is 23.7 Å². The van der Waals surface area contributed by atoms with Gasteiger partial charge in [-0.05, 0) is 49.7 Å². The molecule has 1 heterocycles. The molecule has 0 radical (unpaired) electrons. The highest BCUT2D eigenvalue weighted by molar-refractivity contribution is 5.95. The van der Waals surface area contributed by atoms with Crippen molar-refractivity contribution in [3.63, 3.8) is 0 Å². The van der Waals surface area contributed by atoms with Crippen molar-refractivity contribution in [2.75, 3.05) is 26.2 Å². The molecule has 9 heteroatoms. The summed E-state index contributed by atoms with van der Waals surface area (Å²) in [4.78, 5) is 28.6. The normalized spacial score (nSPS) is 15.4. The van der Waals surface area contributed by atoms with Crippen LogP contribution in [0.2, 0.25) is 0 Å². The minimum absolute atomic E-state index is 0.0478. The monoisotopic (exact) mass is 416 g/mol. The highest BCUT2D eigenvalue weighted by Crippen LogP contribution is 2.35. The Bertz CT molecular complexity index is 906. The van der Waals surface area contributed by atoms with Gasteiger partial charge < -0.3 is 35.0 Å². The third-order valence-corrected chi connectivity index (χ3v) is 4.91. The number of benzene rings is 2. The van der Waals surface area contributed by atoms with Crippen LogP contribution < -0.4 is 4.74 Å². The fraction of sp³-hybridized carbons (Fsp3) is 0.333. The number of hydrogen-bond donors (Lipinski definition) is 4. The van der Waals surface area contributed by atoms with E-state index in [-0.39, 0.29) is 23.8 Å². The lowest BCUT2D eigenvalue weighted by atomic mass is 10.1. The van der Waals surface area contributed by atoms with Crippen molar-refractivity contribution in [2.24, 2.45) is 0 Å². The van der Waals surface area contributed by atoms with Crippen LogP contribution in [0.25, 0.3) is 0 Å². The molecular weight excluding hydrogens is 392 g/mol. The molecule has 0 aromatic heterocycles. The molecule has 2 aromatic carbocycles. The Morgan fingerprint density at radius 1 is 0.900 bits per heavy atom. The van der Waals surface area contributed by atoms with E-state index >= 15 is 0 Å². The van der Waals surface area contributed by atoms with E-state index in [2.05, 4.69) is 0 Å². The Kier molecular flexibility index (Phi) is 6.20. The van der Waals surface area contributed by atoms with Crippen molar-refractivity contribution >= 4 is 11.8 Å². The van der Waals surface area contributed by atoms with Crippen molar-refractivity contribution in [1.29, 1.82) is 0 Å². The van der Waals surface area contributed by atoms with Gasteiger partial charge in [-0.3, -0.25) is 9.59 Å². The maximum absolute atomic E-state index is 12.7. The minimum Gasteiger partial charge on any atom is -0.508 e. The zero-order valence-corrected chi connectivity index (χ0v) is 16.5. The highest BCUT2D eigenvalue weighted by atomic mass is 16.5. The van der Waals surface area contributed by atoms with Gasteiger partial charge in [0.05, 0.1) is 0 Å². The van der Waals surface area contributed by atoms with Crippen LogP contribution in [0.3, 0.4) is 0 Å². The molecule has 0 bridgehead atoms. The minimum atomic E-state index is -0.734. The molecule has 1 aliphatic rings. The van der Waals surface area contributed by atoms with Crippen LogP contribution in [0, 0.1) is 0 Å². The average molecular weight is 416 g/mol. The number of phenols is 4. The molecule has 0 spiro atoms. The van der Waals surface area contributed by atoms with E-state index in [9.17, 15) is 30.0 Å². The quantitative estimate of drug-likeness (QED) is 0.558. The molecule has 1 aliphatic heterocycles. The summed E-state index contributed by atoms with van der Waals surface area (Å²) in [5.41, 5.74) is 0.0478. The van der Waals surface area contributed by atoms with Gasteiger partial charge in [0, 0.05) is 31.7 Å². The van der Waals surface area contributed by atoms with Crippen molar-refractivity contribution in [1.82, 2.24) is 9.80 Å². The van der Waals surface area contributed by atoms with E-state index in [1.807, 2.05) is 0 Å². The summed E-state index contributed by atoms with van der Waals surface area (Å²) in [6.45, 7) is 3.09. The molecule has 9 nitrogen and oxygen atoms in total. The van der Waals surface area contributed by atoms with Gasteiger partial charge in [-0.25, -0.2) is 0 Å². The summed E-state index contributed by atoms with van der Waals surface area (Å²) in [7, 11) is 0. The molecule has 30 heavy (non-hydrogen) atoms. The molecule has 1 unspecified atom stereocenters. The van der Waals surface area contributed by atoms with Crippen LogP contribution in [0.5, 0.6) is 28.7 Å². The summed E-state index contributed by atoms with van der Waals surface area (Å²) >= 11 is 0. The van der Waals surface area contributed by atoms with E-state index in [1.54, 1.807) is 24.0 Å². The lowest BCUT2D eigenvalue weighted by Crippen LogP contribution is -2.43. The molecular formula is C21H24N2O7. The molecule has 4 N–H and O–H groups in total. The topological polar surface area (TPSA) is 131 Å². The third-order valence-electron chi connectivity index (χ3n) is 4.91. The first-order valence-corrected chi connectivity index (χ1v) is 9.55. The number of phenolic OH excluding ortho intramolecular Hbond substituents is 4. The number of nitrogens with zero attached hydrogens (tertiary/aromatic N) is 2. The Morgan fingerprint density at radius 2 is 1.47 bits per heavy atom. The zero-order valence-electron chi connectivity index (χ0n) is 16.5. The van der Waals surface area contributed by atoms with Gasteiger partial charge in [-0.2, -0.15) is 0 Å². The molecule has 1 atom stereocenters. The van der Waals surface area contributed by atoms with Gasteiger partial charge in [-0.15, -0.1) is 0 Å². The van der Waals surface area contributed by atoms with Gasteiger partial charge >= 0.3 is 0 Å². The number of carbonyl (C=O) groups is 2. The predicted octanol–water partition coefficient (Wildman–Crippen LogP) is 1.65. The van der Waals surface area contributed by atoms with Gasteiger partial charge in [-0.1, -0.05) is 0 Å². The molecule has 2 amide bonds. The maximum Gasteiger partial charge on any atom is 0.263 e. The number of amides is 2. The van der Waals surface area contributed by atoms with Crippen LogP contribution in [-0.4, -0.2) is 74.3 Å². The molecule has 0 saturated carbocycles. The fourth-order valence-corrected chi connectivity index (χ4v) is 3.29. The van der Waals surface area contributed by atoms with Gasteiger partial charge in [0.15, 0.2) is 23.4 Å². The van der Waals surface area contributed by atoms with E-state index < -0.39 is 29.3 Å². The summed E-state index contributed by atoms with van der Waals surface area (Å²) < 4.78 is 5.64. The smallest absolute Gasteiger partial charge is 0.263 e. The fourth-order valence-electron chi connectivity index (χ4n) is 3.29. The first-order valence-electron chi connectivity index (χ1n) is 9.55. The van der Waals surface area contributed by atoms with Crippen LogP contribution in [0.4, 0.5) is 0 Å². The van der Waals surface area contributed by atoms with E-state index in [4.69, 9.17) is 4.74 Å². The molecule has 2 aromatic rings. The van der Waals surface area contributed by atoms with E-state index in [0.29, 0.717) is 31.8 Å². The van der Waals surface area contributed by atoms with Gasteiger partial charge in [0.2, 0.25) is 0 Å². The molecule has 160 valence electrons. The summed E-state index contributed by atoms with van der Waals surface area (Å²) in [6, 6.07) is 8.29. The first-order chi connectivity index (χ1) is 14.3. The second-order valence-corrected chi connectivity index (χ2v) is 7.09. The average Bonchev–Trinajstić information content (AvgIpc) is 2.98. The Hall–Kier alpha value is -3.62.